The second-order valence-electron chi connectivity index (χ2n) is 5.19. The van der Waals surface area contributed by atoms with Crippen molar-refractivity contribution in [1.82, 2.24) is 0 Å². The van der Waals surface area contributed by atoms with Gasteiger partial charge in [-0.25, -0.2) is 4.39 Å². The number of rotatable bonds is 4. The van der Waals surface area contributed by atoms with E-state index in [0.29, 0.717) is 6.61 Å². The molecule has 0 saturated carbocycles. The molecule has 0 aliphatic carbocycles. The van der Waals surface area contributed by atoms with Crippen LogP contribution in [0.15, 0.2) is 36.4 Å². The second-order valence-corrected chi connectivity index (χ2v) is 5.19. The van der Waals surface area contributed by atoms with Crippen molar-refractivity contribution in [3.8, 4) is 5.75 Å². The third-order valence-corrected chi connectivity index (χ3v) is 3.35. The van der Waals surface area contributed by atoms with Crippen LogP contribution >= 0.6 is 0 Å². The minimum atomic E-state index is -0.245. The number of ether oxygens (including phenoxy) is 1. The van der Waals surface area contributed by atoms with E-state index in [9.17, 15) is 4.39 Å². The highest BCUT2D eigenvalue weighted by atomic mass is 19.1. The van der Waals surface area contributed by atoms with Gasteiger partial charge in [0.25, 0.3) is 0 Å². The summed E-state index contributed by atoms with van der Waals surface area (Å²) in [6, 6.07) is 10.6. The highest BCUT2D eigenvalue weighted by Gasteiger charge is 2.09. The van der Waals surface area contributed by atoms with E-state index < -0.39 is 0 Å². The Morgan fingerprint density at radius 2 is 1.90 bits per heavy atom. The molecule has 0 fully saturated rings. The highest BCUT2D eigenvalue weighted by molar-refractivity contribution is 5.39. The summed E-state index contributed by atoms with van der Waals surface area (Å²) < 4.78 is 19.1. The maximum Gasteiger partial charge on any atom is 0.124 e. The number of hydrogen-bond donors (Lipinski definition) is 1. The molecular weight excluding hydrogens is 253 g/mol. The smallest absolute Gasteiger partial charge is 0.124 e. The largest absolute Gasteiger partial charge is 0.489 e. The number of nitrogens with two attached hydrogens (primary N) is 1. The Morgan fingerprint density at radius 1 is 1.15 bits per heavy atom. The van der Waals surface area contributed by atoms with E-state index in [1.165, 1.54) is 12.1 Å². The molecule has 0 amide bonds. The Labute approximate surface area is 119 Å². The van der Waals surface area contributed by atoms with E-state index in [1.54, 1.807) is 6.07 Å². The van der Waals surface area contributed by atoms with Crippen molar-refractivity contribution < 1.29 is 9.13 Å². The fraction of sp³-hybridized carbons (Fsp3) is 0.294. The molecule has 2 aromatic carbocycles. The Hall–Kier alpha value is -1.87. The third kappa shape index (κ3) is 3.36. The van der Waals surface area contributed by atoms with E-state index in [0.717, 1.165) is 28.0 Å². The summed E-state index contributed by atoms with van der Waals surface area (Å²) in [5, 5.41) is 0. The molecule has 0 aliphatic heterocycles. The highest BCUT2D eigenvalue weighted by Crippen LogP contribution is 2.26. The zero-order valence-corrected chi connectivity index (χ0v) is 12.1. The fourth-order valence-corrected chi connectivity index (χ4v) is 2.09. The van der Waals surface area contributed by atoms with Gasteiger partial charge in [-0.1, -0.05) is 18.2 Å². The summed E-state index contributed by atoms with van der Waals surface area (Å²) in [6.45, 7) is 6.21. The molecule has 0 spiro atoms. The van der Waals surface area contributed by atoms with Gasteiger partial charge in [-0.05, 0) is 55.7 Å². The van der Waals surface area contributed by atoms with Crippen LogP contribution in [0.5, 0.6) is 5.75 Å². The van der Waals surface area contributed by atoms with Gasteiger partial charge in [0.2, 0.25) is 0 Å². The summed E-state index contributed by atoms with van der Waals surface area (Å²) in [7, 11) is 0. The second kappa shape index (κ2) is 6.06. The summed E-state index contributed by atoms with van der Waals surface area (Å²) in [6.07, 6.45) is 0. The van der Waals surface area contributed by atoms with Crippen LogP contribution in [0, 0.1) is 19.7 Å². The topological polar surface area (TPSA) is 35.2 Å². The first-order chi connectivity index (χ1) is 9.47. The van der Waals surface area contributed by atoms with Gasteiger partial charge in [-0.2, -0.15) is 0 Å². The molecule has 0 bridgehead atoms. The van der Waals surface area contributed by atoms with Gasteiger partial charge in [0.05, 0.1) is 0 Å². The van der Waals surface area contributed by atoms with Crippen molar-refractivity contribution in [3.63, 3.8) is 0 Å². The van der Waals surface area contributed by atoms with Gasteiger partial charge in [0, 0.05) is 11.6 Å². The first kappa shape index (κ1) is 14.5. The predicted molar refractivity (Wildman–Crippen MR) is 79.3 cm³/mol. The number of aryl methyl sites for hydroxylation is 2. The zero-order valence-electron chi connectivity index (χ0n) is 12.1. The van der Waals surface area contributed by atoms with Crippen molar-refractivity contribution in [3.05, 3.63) is 64.5 Å². The molecule has 0 saturated heterocycles. The molecule has 2 aromatic rings. The number of hydrogen-bond acceptors (Lipinski definition) is 2. The summed E-state index contributed by atoms with van der Waals surface area (Å²) >= 11 is 0. The van der Waals surface area contributed by atoms with Crippen LogP contribution in [0.1, 0.15) is 35.2 Å². The maximum atomic E-state index is 13.3. The molecular formula is C17H20FNO. The molecule has 0 aromatic heterocycles. The normalized spacial score (nSPS) is 12.2. The Bertz CT molecular complexity index is 608. The van der Waals surface area contributed by atoms with Gasteiger partial charge in [-0.15, -0.1) is 0 Å². The van der Waals surface area contributed by atoms with Crippen LogP contribution < -0.4 is 10.5 Å². The molecule has 3 heteroatoms. The lowest BCUT2D eigenvalue weighted by Gasteiger charge is -2.15. The zero-order chi connectivity index (χ0) is 14.7. The molecule has 2 N–H and O–H groups in total. The van der Waals surface area contributed by atoms with Crippen LogP contribution in [0.2, 0.25) is 0 Å². The van der Waals surface area contributed by atoms with E-state index in [1.807, 2.05) is 39.0 Å². The average molecular weight is 273 g/mol. The van der Waals surface area contributed by atoms with Crippen molar-refractivity contribution in [2.45, 2.75) is 33.4 Å². The van der Waals surface area contributed by atoms with Crippen molar-refractivity contribution in [1.29, 1.82) is 0 Å². The monoisotopic (exact) mass is 273 g/mol. The first-order valence-corrected chi connectivity index (χ1v) is 6.71. The molecule has 106 valence electrons. The molecule has 0 aliphatic rings. The average Bonchev–Trinajstić information content (AvgIpc) is 2.39. The molecule has 0 radical (unpaired) electrons. The maximum absolute atomic E-state index is 13.3. The van der Waals surface area contributed by atoms with Gasteiger partial charge in [-0.3, -0.25) is 0 Å². The molecule has 2 rings (SSSR count). The number of halogens is 1. The minimum absolute atomic E-state index is 0.0980. The minimum Gasteiger partial charge on any atom is -0.489 e. The lowest BCUT2D eigenvalue weighted by Crippen LogP contribution is -2.08. The van der Waals surface area contributed by atoms with Crippen molar-refractivity contribution in [2.24, 2.45) is 5.73 Å². The first-order valence-electron chi connectivity index (χ1n) is 6.71. The predicted octanol–water partition coefficient (Wildman–Crippen LogP) is 4.04. The van der Waals surface area contributed by atoms with E-state index >= 15 is 0 Å². The lowest BCUT2D eigenvalue weighted by molar-refractivity contribution is 0.300. The SMILES string of the molecule is Cc1ccc(C(C)N)c(OCc2cc(F)ccc2C)c1. The Kier molecular flexibility index (Phi) is 4.40. The Balaban J connectivity index is 2.22. The van der Waals surface area contributed by atoms with E-state index in [4.69, 9.17) is 10.5 Å². The number of benzene rings is 2. The summed E-state index contributed by atoms with van der Waals surface area (Å²) in [4.78, 5) is 0. The van der Waals surface area contributed by atoms with Crippen molar-refractivity contribution in [2.75, 3.05) is 0 Å². The quantitative estimate of drug-likeness (QED) is 0.912. The Morgan fingerprint density at radius 3 is 2.60 bits per heavy atom. The van der Waals surface area contributed by atoms with Gasteiger partial charge in [0.1, 0.15) is 18.2 Å². The third-order valence-electron chi connectivity index (χ3n) is 3.35. The fourth-order valence-electron chi connectivity index (χ4n) is 2.09. The van der Waals surface area contributed by atoms with E-state index in [-0.39, 0.29) is 11.9 Å². The lowest BCUT2D eigenvalue weighted by atomic mass is 10.1. The van der Waals surface area contributed by atoms with E-state index in [2.05, 4.69) is 0 Å². The molecule has 20 heavy (non-hydrogen) atoms. The van der Waals surface area contributed by atoms with Crippen LogP contribution in [0.4, 0.5) is 4.39 Å². The van der Waals surface area contributed by atoms with Crippen LogP contribution in [0.25, 0.3) is 0 Å². The standard InChI is InChI=1S/C17H20FNO/c1-11-4-7-16(13(3)19)17(8-11)20-10-14-9-15(18)6-5-12(14)2/h4-9,13H,10,19H2,1-3H3. The molecule has 1 unspecified atom stereocenters. The molecule has 2 nitrogen and oxygen atoms in total. The summed E-state index contributed by atoms with van der Waals surface area (Å²) in [5.41, 5.74) is 9.89. The van der Waals surface area contributed by atoms with Gasteiger partial charge < -0.3 is 10.5 Å². The van der Waals surface area contributed by atoms with Crippen LogP contribution in [-0.2, 0) is 6.61 Å². The summed E-state index contributed by atoms with van der Waals surface area (Å²) in [5.74, 6) is 0.523. The van der Waals surface area contributed by atoms with Crippen molar-refractivity contribution >= 4 is 0 Å². The van der Waals surface area contributed by atoms with Crippen LogP contribution in [0.3, 0.4) is 0 Å². The van der Waals surface area contributed by atoms with Gasteiger partial charge >= 0.3 is 0 Å². The van der Waals surface area contributed by atoms with Crippen LogP contribution in [-0.4, -0.2) is 0 Å². The molecule has 1 atom stereocenters. The molecule has 0 heterocycles. The van der Waals surface area contributed by atoms with Gasteiger partial charge in [0.15, 0.2) is 0 Å².